The first-order valence-corrected chi connectivity index (χ1v) is 11.0. The van der Waals surface area contributed by atoms with E-state index in [4.69, 9.17) is 9.47 Å². The molecule has 7 heteroatoms. The fourth-order valence-electron chi connectivity index (χ4n) is 4.11. The van der Waals surface area contributed by atoms with E-state index < -0.39 is 0 Å². The van der Waals surface area contributed by atoms with Crippen LogP contribution in [0.25, 0.3) is 0 Å². The minimum absolute atomic E-state index is 0.398. The summed E-state index contributed by atoms with van der Waals surface area (Å²) >= 11 is 0. The largest absolute Gasteiger partial charge is 0.497 e. The van der Waals surface area contributed by atoms with Crippen LogP contribution in [0.2, 0.25) is 0 Å². The average molecular weight is 420 g/mol. The monoisotopic (exact) mass is 419 g/mol. The Morgan fingerprint density at radius 1 is 1.13 bits per heavy atom. The molecular formula is C23H41N5O2. The summed E-state index contributed by atoms with van der Waals surface area (Å²) in [4.78, 5) is 9.36. The molecule has 1 fully saturated rings. The molecule has 0 spiro atoms. The fraction of sp³-hybridized carbons (Fsp3) is 0.696. The van der Waals surface area contributed by atoms with Crippen molar-refractivity contribution in [1.82, 2.24) is 20.4 Å². The number of methoxy groups -OCH3 is 2. The minimum atomic E-state index is 0.398. The second kappa shape index (κ2) is 12.0. The molecule has 2 rings (SSSR count). The van der Waals surface area contributed by atoms with Gasteiger partial charge in [-0.3, -0.25) is 14.8 Å². The number of hydrogen-bond acceptors (Lipinski definition) is 5. The van der Waals surface area contributed by atoms with Crippen LogP contribution in [0.4, 0.5) is 0 Å². The third-order valence-corrected chi connectivity index (χ3v) is 5.64. The van der Waals surface area contributed by atoms with E-state index in [2.05, 4.69) is 65.3 Å². The highest BCUT2D eigenvalue weighted by Gasteiger charge is 2.23. The molecule has 1 aliphatic heterocycles. The van der Waals surface area contributed by atoms with Crippen molar-refractivity contribution in [3.8, 4) is 11.5 Å². The van der Waals surface area contributed by atoms with Crippen LogP contribution in [0.5, 0.6) is 11.5 Å². The van der Waals surface area contributed by atoms with E-state index in [-0.39, 0.29) is 0 Å². The van der Waals surface area contributed by atoms with Gasteiger partial charge in [0.05, 0.1) is 14.2 Å². The number of nitrogens with one attached hydrogen (secondary N) is 2. The molecule has 0 radical (unpaired) electrons. The Morgan fingerprint density at radius 3 is 2.30 bits per heavy atom. The Balaban J connectivity index is 1.82. The number of rotatable bonds is 10. The van der Waals surface area contributed by atoms with Gasteiger partial charge in [0.15, 0.2) is 5.96 Å². The molecular weight excluding hydrogens is 378 g/mol. The van der Waals surface area contributed by atoms with Crippen LogP contribution in [-0.4, -0.2) is 81.3 Å². The van der Waals surface area contributed by atoms with Gasteiger partial charge in [0.25, 0.3) is 0 Å². The summed E-state index contributed by atoms with van der Waals surface area (Å²) in [5.41, 5.74) is 1.21. The molecule has 1 aromatic rings. The summed E-state index contributed by atoms with van der Waals surface area (Å²) in [5.74, 6) is 2.55. The Labute approximate surface area is 182 Å². The van der Waals surface area contributed by atoms with Crippen LogP contribution >= 0.6 is 0 Å². The van der Waals surface area contributed by atoms with Crippen molar-refractivity contribution in [2.24, 2.45) is 4.99 Å². The third-order valence-electron chi connectivity index (χ3n) is 5.64. The lowest BCUT2D eigenvalue weighted by molar-refractivity contribution is 0.178. The van der Waals surface area contributed by atoms with Crippen molar-refractivity contribution in [3.63, 3.8) is 0 Å². The number of benzene rings is 1. The molecule has 30 heavy (non-hydrogen) atoms. The van der Waals surface area contributed by atoms with Crippen LogP contribution in [0.1, 0.15) is 39.7 Å². The van der Waals surface area contributed by atoms with E-state index in [1.165, 1.54) is 5.56 Å². The molecule has 0 aromatic heterocycles. The summed E-state index contributed by atoms with van der Waals surface area (Å²) < 4.78 is 10.8. The predicted molar refractivity (Wildman–Crippen MR) is 125 cm³/mol. The molecule has 1 heterocycles. The Morgan fingerprint density at radius 2 is 1.77 bits per heavy atom. The quantitative estimate of drug-likeness (QED) is 0.449. The average Bonchev–Trinajstić information content (AvgIpc) is 3.15. The number of ether oxygens (including phenoxy) is 2. The summed E-state index contributed by atoms with van der Waals surface area (Å²) in [7, 11) is 5.22. The van der Waals surface area contributed by atoms with Gasteiger partial charge < -0.3 is 20.1 Å². The van der Waals surface area contributed by atoms with E-state index in [0.717, 1.165) is 56.6 Å². The molecule has 0 aliphatic carbocycles. The number of nitrogens with zero attached hydrogens (tertiary/aromatic N) is 3. The molecule has 1 aliphatic rings. The van der Waals surface area contributed by atoms with E-state index in [0.29, 0.717) is 18.1 Å². The van der Waals surface area contributed by atoms with Crippen molar-refractivity contribution in [3.05, 3.63) is 23.8 Å². The highest BCUT2D eigenvalue weighted by molar-refractivity contribution is 5.80. The normalized spacial score (nSPS) is 17.8. The highest BCUT2D eigenvalue weighted by Crippen LogP contribution is 2.24. The van der Waals surface area contributed by atoms with Crippen LogP contribution in [0, 0.1) is 0 Å². The SMILES string of the molecule is CN=C(NCCN(C(C)C)C(C)C)NC1CCN(Cc2cc(OC)cc(OC)c2)C1. The van der Waals surface area contributed by atoms with Gasteiger partial charge in [-0.1, -0.05) is 0 Å². The van der Waals surface area contributed by atoms with Crippen molar-refractivity contribution in [2.45, 2.75) is 58.8 Å². The zero-order valence-electron chi connectivity index (χ0n) is 19.9. The Kier molecular flexibility index (Phi) is 9.72. The summed E-state index contributed by atoms with van der Waals surface area (Å²) in [5, 5.41) is 7.06. The van der Waals surface area contributed by atoms with Crippen molar-refractivity contribution in [1.29, 1.82) is 0 Å². The first kappa shape index (κ1) is 24.3. The van der Waals surface area contributed by atoms with Gasteiger partial charge in [-0.2, -0.15) is 0 Å². The van der Waals surface area contributed by atoms with Gasteiger partial charge in [-0.05, 0) is 51.8 Å². The summed E-state index contributed by atoms with van der Waals surface area (Å²) in [6, 6.07) is 7.56. The summed E-state index contributed by atoms with van der Waals surface area (Å²) in [6.45, 7) is 13.8. The molecule has 1 unspecified atom stereocenters. The second-order valence-corrected chi connectivity index (χ2v) is 8.51. The lowest BCUT2D eigenvalue weighted by atomic mass is 10.2. The van der Waals surface area contributed by atoms with Crippen molar-refractivity contribution < 1.29 is 9.47 Å². The van der Waals surface area contributed by atoms with Crippen LogP contribution in [-0.2, 0) is 6.54 Å². The number of hydrogen-bond donors (Lipinski definition) is 2. The topological polar surface area (TPSA) is 61.4 Å². The number of guanidine groups is 1. The molecule has 0 amide bonds. The van der Waals surface area contributed by atoms with Crippen molar-refractivity contribution in [2.75, 3.05) is 47.4 Å². The Bertz CT molecular complexity index is 647. The molecule has 2 N–H and O–H groups in total. The summed E-state index contributed by atoms with van der Waals surface area (Å²) in [6.07, 6.45) is 1.10. The zero-order chi connectivity index (χ0) is 22.1. The smallest absolute Gasteiger partial charge is 0.191 e. The van der Waals surface area contributed by atoms with E-state index in [9.17, 15) is 0 Å². The molecule has 170 valence electrons. The molecule has 7 nitrogen and oxygen atoms in total. The van der Waals surface area contributed by atoms with E-state index in [1.54, 1.807) is 14.2 Å². The predicted octanol–water partition coefficient (Wildman–Crippen LogP) is 2.56. The van der Waals surface area contributed by atoms with Gasteiger partial charge in [0.2, 0.25) is 0 Å². The maximum Gasteiger partial charge on any atom is 0.191 e. The van der Waals surface area contributed by atoms with Gasteiger partial charge in [-0.25, -0.2) is 0 Å². The van der Waals surface area contributed by atoms with Gasteiger partial charge in [0, 0.05) is 64.0 Å². The Hall–Kier alpha value is -1.99. The highest BCUT2D eigenvalue weighted by atomic mass is 16.5. The lowest BCUT2D eigenvalue weighted by Gasteiger charge is -2.30. The van der Waals surface area contributed by atoms with Gasteiger partial charge in [-0.15, -0.1) is 0 Å². The lowest BCUT2D eigenvalue weighted by Crippen LogP contribution is -2.48. The standard InChI is InChI=1S/C23H41N5O2/c1-17(2)28(18(3)4)11-9-25-23(24-5)26-20-8-10-27(16-20)15-19-12-21(29-6)14-22(13-19)30-7/h12-14,17-18,20H,8-11,15-16H2,1-7H3,(H2,24,25,26). The second-order valence-electron chi connectivity index (χ2n) is 8.51. The number of likely N-dealkylation sites (tertiary alicyclic amines) is 1. The van der Waals surface area contributed by atoms with Gasteiger partial charge >= 0.3 is 0 Å². The zero-order valence-corrected chi connectivity index (χ0v) is 19.9. The van der Waals surface area contributed by atoms with E-state index >= 15 is 0 Å². The molecule has 0 bridgehead atoms. The van der Waals surface area contributed by atoms with Crippen LogP contribution < -0.4 is 20.1 Å². The van der Waals surface area contributed by atoms with Crippen LogP contribution in [0.3, 0.4) is 0 Å². The van der Waals surface area contributed by atoms with Crippen molar-refractivity contribution >= 4 is 5.96 Å². The maximum atomic E-state index is 5.40. The first-order valence-electron chi connectivity index (χ1n) is 11.0. The molecule has 1 aromatic carbocycles. The molecule has 0 saturated carbocycles. The van der Waals surface area contributed by atoms with E-state index in [1.807, 2.05) is 13.1 Å². The maximum absolute atomic E-state index is 5.40. The molecule has 1 saturated heterocycles. The van der Waals surface area contributed by atoms with Gasteiger partial charge in [0.1, 0.15) is 11.5 Å². The van der Waals surface area contributed by atoms with Crippen LogP contribution in [0.15, 0.2) is 23.2 Å². The molecule has 1 atom stereocenters. The third kappa shape index (κ3) is 7.36. The number of aliphatic imine (C=N–C) groups is 1. The minimum Gasteiger partial charge on any atom is -0.497 e. The first-order chi connectivity index (χ1) is 14.4. The fourth-order valence-corrected chi connectivity index (χ4v) is 4.11.